The van der Waals surface area contributed by atoms with Gasteiger partial charge in [-0.25, -0.2) is 21.6 Å². The Morgan fingerprint density at radius 1 is 1.10 bits per heavy atom. The molecule has 0 aliphatic rings. The molecule has 0 spiro atoms. The van der Waals surface area contributed by atoms with Crippen molar-refractivity contribution < 1.29 is 16.8 Å². The van der Waals surface area contributed by atoms with Gasteiger partial charge in [-0.05, 0) is 30.7 Å². The standard InChI is InChI=1S/C13H22N2O4S2/c1-3-4-5-11(10-14)15-21(18,19)13-8-6-12(7-9-13)20(2,16)17/h6-9,11,15H,3-5,10,14H2,1-2H3. The molecule has 8 heteroatoms. The van der Waals surface area contributed by atoms with Crippen molar-refractivity contribution in [2.24, 2.45) is 5.73 Å². The molecule has 6 nitrogen and oxygen atoms in total. The first-order valence-corrected chi connectivity index (χ1v) is 10.1. The lowest BCUT2D eigenvalue weighted by Gasteiger charge is -2.16. The molecule has 1 aromatic rings. The molecule has 1 rings (SSSR count). The van der Waals surface area contributed by atoms with Gasteiger partial charge in [-0.15, -0.1) is 0 Å². The maximum absolute atomic E-state index is 12.2. The van der Waals surface area contributed by atoms with Gasteiger partial charge in [0.25, 0.3) is 0 Å². The molecular weight excluding hydrogens is 312 g/mol. The van der Waals surface area contributed by atoms with E-state index in [1.54, 1.807) is 0 Å². The van der Waals surface area contributed by atoms with Gasteiger partial charge in [0.2, 0.25) is 10.0 Å². The largest absolute Gasteiger partial charge is 0.329 e. The van der Waals surface area contributed by atoms with Crippen molar-refractivity contribution in [3.05, 3.63) is 24.3 Å². The molecule has 3 N–H and O–H groups in total. The smallest absolute Gasteiger partial charge is 0.240 e. The van der Waals surface area contributed by atoms with Crippen molar-refractivity contribution in [1.29, 1.82) is 0 Å². The zero-order chi connectivity index (χ0) is 16.1. The number of hydrogen-bond donors (Lipinski definition) is 2. The fourth-order valence-corrected chi connectivity index (χ4v) is 3.74. The summed E-state index contributed by atoms with van der Waals surface area (Å²) in [5.41, 5.74) is 5.57. The Morgan fingerprint density at radius 2 is 1.62 bits per heavy atom. The first kappa shape index (κ1) is 18.1. The molecule has 0 radical (unpaired) electrons. The number of rotatable bonds is 8. The molecule has 21 heavy (non-hydrogen) atoms. The van der Waals surface area contributed by atoms with Gasteiger partial charge in [0.05, 0.1) is 9.79 Å². The molecule has 1 aromatic carbocycles. The number of sulfone groups is 1. The van der Waals surface area contributed by atoms with Crippen LogP contribution < -0.4 is 10.5 Å². The van der Waals surface area contributed by atoms with Crippen LogP contribution in [0.4, 0.5) is 0 Å². The normalized spacial score (nSPS) is 14.0. The fourth-order valence-electron chi connectivity index (χ4n) is 1.83. The third kappa shape index (κ3) is 5.39. The Morgan fingerprint density at radius 3 is 2.05 bits per heavy atom. The van der Waals surface area contributed by atoms with Crippen LogP contribution in [0.2, 0.25) is 0 Å². The third-order valence-electron chi connectivity index (χ3n) is 3.07. The molecule has 0 saturated carbocycles. The summed E-state index contributed by atoms with van der Waals surface area (Å²) in [5.74, 6) is 0. The van der Waals surface area contributed by atoms with Crippen LogP contribution in [0.5, 0.6) is 0 Å². The fraction of sp³-hybridized carbons (Fsp3) is 0.538. The second-order valence-corrected chi connectivity index (χ2v) is 8.67. The number of unbranched alkanes of at least 4 members (excludes halogenated alkanes) is 1. The maximum Gasteiger partial charge on any atom is 0.240 e. The minimum atomic E-state index is -3.69. The van der Waals surface area contributed by atoms with Crippen molar-refractivity contribution in [1.82, 2.24) is 4.72 Å². The number of sulfonamides is 1. The van der Waals surface area contributed by atoms with Crippen LogP contribution in [-0.2, 0) is 19.9 Å². The average Bonchev–Trinajstić information content (AvgIpc) is 2.42. The van der Waals surface area contributed by atoms with Crippen molar-refractivity contribution in [3.8, 4) is 0 Å². The predicted molar refractivity (Wildman–Crippen MR) is 82.2 cm³/mol. The van der Waals surface area contributed by atoms with Gasteiger partial charge >= 0.3 is 0 Å². The van der Waals surface area contributed by atoms with Gasteiger partial charge in [-0.3, -0.25) is 0 Å². The monoisotopic (exact) mass is 334 g/mol. The van der Waals surface area contributed by atoms with Crippen LogP contribution in [0, 0.1) is 0 Å². The van der Waals surface area contributed by atoms with Gasteiger partial charge in [-0.2, -0.15) is 0 Å². The number of nitrogens with one attached hydrogen (secondary N) is 1. The Kier molecular flexibility index (Phi) is 6.33. The van der Waals surface area contributed by atoms with Gasteiger partial charge in [0.15, 0.2) is 9.84 Å². The Balaban J connectivity index is 2.92. The summed E-state index contributed by atoms with van der Waals surface area (Å²) < 4.78 is 49.7. The second kappa shape index (κ2) is 7.35. The Labute approximate surface area is 126 Å². The highest BCUT2D eigenvalue weighted by atomic mass is 32.2. The molecule has 0 bridgehead atoms. The Hall–Kier alpha value is -0.960. The van der Waals surface area contributed by atoms with Crippen LogP contribution in [0.3, 0.4) is 0 Å². The van der Waals surface area contributed by atoms with Crippen LogP contribution in [0.25, 0.3) is 0 Å². The second-order valence-electron chi connectivity index (χ2n) is 4.94. The highest BCUT2D eigenvalue weighted by Crippen LogP contribution is 2.15. The molecule has 1 atom stereocenters. The summed E-state index contributed by atoms with van der Waals surface area (Å²) in [6, 6.07) is 4.82. The number of hydrogen-bond acceptors (Lipinski definition) is 5. The van der Waals surface area contributed by atoms with Crippen molar-refractivity contribution in [3.63, 3.8) is 0 Å². The molecule has 0 aliphatic carbocycles. The first-order chi connectivity index (χ1) is 9.70. The van der Waals surface area contributed by atoms with Crippen molar-refractivity contribution in [2.75, 3.05) is 12.8 Å². The third-order valence-corrected chi connectivity index (χ3v) is 5.74. The van der Waals surface area contributed by atoms with Gasteiger partial charge < -0.3 is 5.73 Å². The van der Waals surface area contributed by atoms with Crippen LogP contribution in [0.1, 0.15) is 26.2 Å². The molecule has 0 amide bonds. The molecule has 0 heterocycles. The molecule has 0 saturated heterocycles. The van der Waals surface area contributed by atoms with E-state index >= 15 is 0 Å². The lowest BCUT2D eigenvalue weighted by molar-refractivity contribution is 0.516. The van der Waals surface area contributed by atoms with Crippen LogP contribution in [-0.4, -0.2) is 35.7 Å². The summed E-state index contributed by atoms with van der Waals surface area (Å²) in [5, 5.41) is 0. The van der Waals surface area contributed by atoms with E-state index in [-0.39, 0.29) is 22.4 Å². The lowest BCUT2D eigenvalue weighted by atomic mass is 10.1. The molecule has 0 aromatic heterocycles. The van der Waals surface area contributed by atoms with E-state index in [4.69, 9.17) is 5.73 Å². The summed E-state index contributed by atoms with van der Waals surface area (Å²) in [4.78, 5) is 0.118. The van der Waals surface area contributed by atoms with E-state index in [0.29, 0.717) is 6.42 Å². The minimum Gasteiger partial charge on any atom is -0.329 e. The van der Waals surface area contributed by atoms with E-state index in [1.807, 2.05) is 6.92 Å². The highest BCUT2D eigenvalue weighted by molar-refractivity contribution is 7.90. The molecule has 0 fully saturated rings. The molecule has 1 unspecified atom stereocenters. The highest BCUT2D eigenvalue weighted by Gasteiger charge is 2.19. The van der Waals surface area contributed by atoms with E-state index in [1.165, 1.54) is 24.3 Å². The van der Waals surface area contributed by atoms with Crippen LogP contribution >= 0.6 is 0 Å². The SMILES string of the molecule is CCCCC(CN)NS(=O)(=O)c1ccc(S(C)(=O)=O)cc1. The van der Waals surface area contributed by atoms with Gasteiger partial charge in [0.1, 0.15) is 0 Å². The summed E-state index contributed by atoms with van der Waals surface area (Å²) >= 11 is 0. The molecule has 0 aliphatic heterocycles. The van der Waals surface area contributed by atoms with Crippen molar-refractivity contribution in [2.45, 2.75) is 42.0 Å². The van der Waals surface area contributed by atoms with E-state index < -0.39 is 19.9 Å². The van der Waals surface area contributed by atoms with Crippen LogP contribution in [0.15, 0.2) is 34.1 Å². The molecule has 120 valence electrons. The van der Waals surface area contributed by atoms with E-state index in [2.05, 4.69) is 4.72 Å². The van der Waals surface area contributed by atoms with Gasteiger partial charge in [0, 0.05) is 18.8 Å². The average molecular weight is 334 g/mol. The minimum absolute atomic E-state index is 0.0323. The summed E-state index contributed by atoms with van der Waals surface area (Å²) in [6.45, 7) is 2.24. The lowest BCUT2D eigenvalue weighted by Crippen LogP contribution is -2.40. The summed E-state index contributed by atoms with van der Waals surface area (Å²) in [7, 11) is -7.03. The van der Waals surface area contributed by atoms with E-state index in [0.717, 1.165) is 19.1 Å². The van der Waals surface area contributed by atoms with Crippen molar-refractivity contribution >= 4 is 19.9 Å². The first-order valence-electron chi connectivity index (χ1n) is 6.73. The number of nitrogens with two attached hydrogens (primary N) is 1. The van der Waals surface area contributed by atoms with Gasteiger partial charge in [-0.1, -0.05) is 19.8 Å². The zero-order valence-electron chi connectivity index (χ0n) is 12.2. The quantitative estimate of drug-likeness (QED) is 0.734. The van der Waals surface area contributed by atoms with E-state index in [9.17, 15) is 16.8 Å². The Bertz CT molecular complexity index is 652. The zero-order valence-corrected chi connectivity index (χ0v) is 13.9. The topological polar surface area (TPSA) is 106 Å². The maximum atomic E-state index is 12.2. The summed E-state index contributed by atoms with van der Waals surface area (Å²) in [6.07, 6.45) is 3.59. The predicted octanol–water partition coefficient (Wildman–Crippen LogP) is 0.886. The number of benzene rings is 1. The molecular formula is C13H22N2O4S2.